The van der Waals surface area contributed by atoms with E-state index in [0.717, 1.165) is 34.7 Å². The molecule has 2 N–H and O–H groups in total. The summed E-state index contributed by atoms with van der Waals surface area (Å²) >= 11 is 0. The van der Waals surface area contributed by atoms with Crippen LogP contribution in [0.3, 0.4) is 0 Å². The van der Waals surface area contributed by atoms with E-state index >= 15 is 0 Å². The number of hydrogen-bond donors (Lipinski definition) is 2. The fourth-order valence-electron chi connectivity index (χ4n) is 2.28. The molecule has 2 rings (SSSR count). The second-order valence-corrected chi connectivity index (χ2v) is 6.14. The number of hydrogen-bond acceptors (Lipinski definition) is 1. The molecule has 3 nitrogen and oxygen atoms in total. The highest BCUT2D eigenvalue weighted by molar-refractivity contribution is 7.50. The van der Waals surface area contributed by atoms with Crippen LogP contribution in [0.2, 0.25) is 0 Å². The standard InChI is InChI=1S/C14H17O3P/c1-2-5-11-8-9-12-6-3-4-7-13(12)14(11)10-18(15,16)17/h3-4,6-9H,2,5,10H2,1H3,(H2,15,16,17). The topological polar surface area (TPSA) is 57.5 Å². The van der Waals surface area contributed by atoms with E-state index in [4.69, 9.17) is 0 Å². The third-order valence-corrected chi connectivity index (χ3v) is 3.75. The Kier molecular flexibility index (Phi) is 3.86. The second-order valence-electron chi connectivity index (χ2n) is 4.50. The summed E-state index contributed by atoms with van der Waals surface area (Å²) in [6, 6.07) is 11.7. The van der Waals surface area contributed by atoms with E-state index in [9.17, 15) is 14.4 Å². The Morgan fingerprint density at radius 1 is 1.11 bits per heavy atom. The maximum absolute atomic E-state index is 11.3. The fourth-order valence-corrected chi connectivity index (χ4v) is 3.06. The van der Waals surface area contributed by atoms with Crippen molar-refractivity contribution in [2.75, 3.05) is 0 Å². The van der Waals surface area contributed by atoms with E-state index in [1.807, 2.05) is 36.4 Å². The van der Waals surface area contributed by atoms with Gasteiger partial charge in [0, 0.05) is 0 Å². The van der Waals surface area contributed by atoms with Gasteiger partial charge in [-0.3, -0.25) is 4.57 Å². The van der Waals surface area contributed by atoms with Gasteiger partial charge in [0.2, 0.25) is 0 Å². The molecule has 4 heteroatoms. The van der Waals surface area contributed by atoms with Gasteiger partial charge in [-0.1, -0.05) is 49.7 Å². The normalized spacial score (nSPS) is 11.9. The fraction of sp³-hybridized carbons (Fsp3) is 0.286. The molecule has 0 saturated carbocycles. The highest BCUT2D eigenvalue weighted by atomic mass is 31.2. The molecule has 0 aliphatic rings. The first-order chi connectivity index (χ1) is 8.51. The van der Waals surface area contributed by atoms with Crippen LogP contribution in [0.15, 0.2) is 36.4 Å². The van der Waals surface area contributed by atoms with Crippen molar-refractivity contribution >= 4 is 18.4 Å². The average Bonchev–Trinajstić information content (AvgIpc) is 2.31. The van der Waals surface area contributed by atoms with E-state index in [0.29, 0.717) is 0 Å². The van der Waals surface area contributed by atoms with Gasteiger partial charge in [0.25, 0.3) is 0 Å². The highest BCUT2D eigenvalue weighted by Gasteiger charge is 2.18. The lowest BCUT2D eigenvalue weighted by molar-refractivity contribution is 0.371. The lowest BCUT2D eigenvalue weighted by Gasteiger charge is -2.13. The largest absolute Gasteiger partial charge is 0.329 e. The summed E-state index contributed by atoms with van der Waals surface area (Å²) in [4.78, 5) is 18.5. The molecule has 0 heterocycles. The number of aryl methyl sites for hydroxylation is 1. The molecule has 2 aromatic carbocycles. The van der Waals surface area contributed by atoms with Crippen LogP contribution in [0.4, 0.5) is 0 Å². The maximum Gasteiger partial charge on any atom is 0.329 e. The molecular weight excluding hydrogens is 247 g/mol. The summed E-state index contributed by atoms with van der Waals surface area (Å²) in [6.45, 7) is 2.07. The van der Waals surface area contributed by atoms with Gasteiger partial charge in [0.15, 0.2) is 0 Å². The van der Waals surface area contributed by atoms with Crippen molar-refractivity contribution in [2.45, 2.75) is 25.9 Å². The van der Waals surface area contributed by atoms with Crippen molar-refractivity contribution in [1.82, 2.24) is 0 Å². The Morgan fingerprint density at radius 2 is 1.83 bits per heavy atom. The van der Waals surface area contributed by atoms with Crippen LogP contribution in [0.1, 0.15) is 24.5 Å². The van der Waals surface area contributed by atoms with Crippen LogP contribution in [0.25, 0.3) is 10.8 Å². The molecule has 0 atom stereocenters. The van der Waals surface area contributed by atoms with E-state index in [1.54, 1.807) is 0 Å². The minimum atomic E-state index is -4.04. The second kappa shape index (κ2) is 5.23. The molecule has 0 radical (unpaired) electrons. The Balaban J connectivity index is 2.62. The van der Waals surface area contributed by atoms with Gasteiger partial charge < -0.3 is 9.79 Å². The Morgan fingerprint density at radius 3 is 2.50 bits per heavy atom. The van der Waals surface area contributed by atoms with Crippen LogP contribution in [0.5, 0.6) is 0 Å². The van der Waals surface area contributed by atoms with Gasteiger partial charge >= 0.3 is 7.60 Å². The Hall–Kier alpha value is -1.15. The molecule has 18 heavy (non-hydrogen) atoms. The van der Waals surface area contributed by atoms with Gasteiger partial charge in [0.05, 0.1) is 6.16 Å². The van der Waals surface area contributed by atoms with Crippen LogP contribution < -0.4 is 0 Å². The van der Waals surface area contributed by atoms with Crippen LogP contribution in [0, 0.1) is 0 Å². The summed E-state index contributed by atoms with van der Waals surface area (Å²) in [5.41, 5.74) is 1.84. The molecule has 0 unspecified atom stereocenters. The third kappa shape index (κ3) is 2.99. The van der Waals surface area contributed by atoms with Crippen molar-refractivity contribution in [1.29, 1.82) is 0 Å². The first kappa shape index (κ1) is 13.3. The van der Waals surface area contributed by atoms with Gasteiger partial charge in [-0.2, -0.15) is 0 Å². The summed E-state index contributed by atoms with van der Waals surface area (Å²) in [7, 11) is -4.04. The van der Waals surface area contributed by atoms with E-state index in [2.05, 4.69) is 6.92 Å². The first-order valence-corrected chi connectivity index (χ1v) is 7.85. The molecule has 0 bridgehead atoms. The molecule has 0 aliphatic carbocycles. The summed E-state index contributed by atoms with van der Waals surface area (Å²) in [5.74, 6) is 0. The Bertz CT molecular complexity index is 601. The van der Waals surface area contributed by atoms with Crippen molar-refractivity contribution < 1.29 is 14.4 Å². The lowest BCUT2D eigenvalue weighted by Crippen LogP contribution is -1.97. The number of benzene rings is 2. The minimum Gasteiger partial charge on any atom is -0.324 e. The summed E-state index contributed by atoms with van der Waals surface area (Å²) in [5, 5.41) is 1.98. The predicted octanol–water partition coefficient (Wildman–Crippen LogP) is 3.47. The zero-order chi connectivity index (χ0) is 13.2. The van der Waals surface area contributed by atoms with Gasteiger partial charge in [0.1, 0.15) is 0 Å². The van der Waals surface area contributed by atoms with Crippen molar-refractivity contribution in [2.24, 2.45) is 0 Å². The number of fused-ring (bicyclic) bond motifs is 1. The van der Waals surface area contributed by atoms with Gasteiger partial charge in [-0.05, 0) is 28.3 Å². The van der Waals surface area contributed by atoms with Crippen LogP contribution in [-0.2, 0) is 17.1 Å². The molecule has 2 aromatic rings. The zero-order valence-corrected chi connectivity index (χ0v) is 11.2. The van der Waals surface area contributed by atoms with E-state index in [1.165, 1.54) is 0 Å². The highest BCUT2D eigenvalue weighted by Crippen LogP contribution is 2.42. The predicted molar refractivity (Wildman–Crippen MR) is 73.7 cm³/mol. The zero-order valence-electron chi connectivity index (χ0n) is 10.3. The molecular formula is C14H17O3P. The van der Waals surface area contributed by atoms with E-state index in [-0.39, 0.29) is 6.16 Å². The van der Waals surface area contributed by atoms with Crippen molar-refractivity contribution in [3.8, 4) is 0 Å². The van der Waals surface area contributed by atoms with E-state index < -0.39 is 7.60 Å². The molecule has 0 aliphatic heterocycles. The maximum atomic E-state index is 11.3. The smallest absolute Gasteiger partial charge is 0.324 e. The molecule has 0 fully saturated rings. The van der Waals surface area contributed by atoms with Crippen LogP contribution >= 0.6 is 7.60 Å². The van der Waals surface area contributed by atoms with Gasteiger partial charge in [-0.15, -0.1) is 0 Å². The van der Waals surface area contributed by atoms with Crippen molar-refractivity contribution in [3.63, 3.8) is 0 Å². The SMILES string of the molecule is CCCc1ccc2ccccc2c1CP(=O)(O)O. The molecule has 0 amide bonds. The third-order valence-electron chi connectivity index (χ3n) is 3.02. The van der Waals surface area contributed by atoms with Gasteiger partial charge in [-0.25, -0.2) is 0 Å². The summed E-state index contributed by atoms with van der Waals surface area (Å²) in [6.07, 6.45) is 1.64. The molecule has 96 valence electrons. The Labute approximate surface area is 107 Å². The van der Waals surface area contributed by atoms with Crippen molar-refractivity contribution in [3.05, 3.63) is 47.5 Å². The van der Waals surface area contributed by atoms with Crippen LogP contribution in [-0.4, -0.2) is 9.79 Å². The quantitative estimate of drug-likeness (QED) is 0.831. The molecule has 0 spiro atoms. The monoisotopic (exact) mass is 264 g/mol. The molecule has 0 saturated heterocycles. The lowest BCUT2D eigenvalue weighted by atomic mass is 9.97. The minimum absolute atomic E-state index is 0.177. The first-order valence-electron chi connectivity index (χ1n) is 6.05. The number of rotatable bonds is 4. The summed E-state index contributed by atoms with van der Waals surface area (Å²) < 4.78 is 11.3. The average molecular weight is 264 g/mol. The molecule has 0 aromatic heterocycles.